The third-order valence-electron chi connectivity index (χ3n) is 5.04. The van der Waals surface area contributed by atoms with Gasteiger partial charge in [0, 0.05) is 0 Å². The Balaban J connectivity index is 1.50. The van der Waals surface area contributed by atoms with Crippen LogP contribution in [-0.4, -0.2) is 47.3 Å². The molecule has 2 aromatic rings. The van der Waals surface area contributed by atoms with Crippen molar-refractivity contribution in [3.63, 3.8) is 0 Å². The second-order valence-corrected chi connectivity index (χ2v) is 9.26. The molecule has 8 nitrogen and oxygen atoms in total. The number of amides is 1. The molecule has 0 saturated heterocycles. The van der Waals surface area contributed by atoms with E-state index < -0.39 is 5.91 Å². The van der Waals surface area contributed by atoms with Gasteiger partial charge in [-0.3, -0.25) is 10.2 Å². The number of hydrogen-bond donors (Lipinski definition) is 1. The number of nitrogens with one attached hydrogen (secondary N) is 1. The topological polar surface area (TPSA) is 96.6 Å². The molecule has 2 aliphatic rings. The molecule has 2 aliphatic heterocycles. The first-order chi connectivity index (χ1) is 16.4. The summed E-state index contributed by atoms with van der Waals surface area (Å²) in [6.45, 7) is 4.64. The number of rotatable bonds is 8. The van der Waals surface area contributed by atoms with E-state index in [1.807, 2.05) is 38.1 Å². The summed E-state index contributed by atoms with van der Waals surface area (Å²) in [6.07, 6.45) is 2.32. The van der Waals surface area contributed by atoms with Crippen LogP contribution in [-0.2, 0) is 4.79 Å². The summed E-state index contributed by atoms with van der Waals surface area (Å²) in [5.41, 5.74) is 1.87. The van der Waals surface area contributed by atoms with Crippen LogP contribution >= 0.6 is 27.7 Å². The lowest BCUT2D eigenvalue weighted by atomic mass is 10.1. The number of benzene rings is 2. The lowest BCUT2D eigenvalue weighted by molar-refractivity contribution is -0.114. The molecule has 0 aromatic heterocycles. The maximum atomic E-state index is 12.6. The Bertz CT molecular complexity index is 1240. The Labute approximate surface area is 210 Å². The summed E-state index contributed by atoms with van der Waals surface area (Å²) in [5, 5.41) is 15.5. The van der Waals surface area contributed by atoms with E-state index in [4.69, 9.17) is 19.6 Å². The molecule has 176 valence electrons. The minimum atomic E-state index is -0.472. The number of thioether (sulfide) groups is 1. The van der Waals surface area contributed by atoms with Gasteiger partial charge in [-0.2, -0.15) is 15.1 Å². The summed E-state index contributed by atoms with van der Waals surface area (Å²) in [6, 6.07) is 11.3. The van der Waals surface area contributed by atoms with Gasteiger partial charge in [0.1, 0.15) is 24.0 Å². The van der Waals surface area contributed by atoms with Gasteiger partial charge in [0.25, 0.3) is 5.91 Å². The molecule has 2 aromatic carbocycles. The highest BCUT2D eigenvalue weighted by atomic mass is 79.9. The SMILES string of the molecule is CCC1=NN2C(=N)C(=Cc3cc(Br)c(OCCOc4ccccc4C)c(OC)c3)C(=O)N=C2S1. The number of ether oxygens (including phenoxy) is 3. The lowest BCUT2D eigenvalue weighted by Crippen LogP contribution is -2.35. The smallest absolute Gasteiger partial charge is 0.283 e. The predicted molar refractivity (Wildman–Crippen MR) is 138 cm³/mol. The number of para-hydroxylation sites is 1. The molecule has 0 atom stereocenters. The van der Waals surface area contributed by atoms with Crippen LogP contribution in [0, 0.1) is 12.3 Å². The molecule has 0 saturated carbocycles. The fraction of sp³-hybridized carbons (Fsp3) is 0.250. The van der Waals surface area contributed by atoms with Crippen LogP contribution in [0.25, 0.3) is 6.08 Å². The summed E-state index contributed by atoms with van der Waals surface area (Å²) >= 11 is 4.84. The molecule has 1 amide bonds. The van der Waals surface area contributed by atoms with E-state index in [1.54, 1.807) is 25.3 Å². The average Bonchev–Trinajstić information content (AvgIpc) is 3.24. The van der Waals surface area contributed by atoms with Crippen LogP contribution in [0.2, 0.25) is 0 Å². The average molecular weight is 543 g/mol. The van der Waals surface area contributed by atoms with E-state index in [1.165, 1.54) is 16.8 Å². The summed E-state index contributed by atoms with van der Waals surface area (Å²) in [7, 11) is 1.54. The summed E-state index contributed by atoms with van der Waals surface area (Å²) < 4.78 is 17.9. The Morgan fingerprint density at radius 1 is 1.18 bits per heavy atom. The van der Waals surface area contributed by atoms with E-state index in [0.29, 0.717) is 46.3 Å². The van der Waals surface area contributed by atoms with Crippen LogP contribution in [0.1, 0.15) is 24.5 Å². The zero-order chi connectivity index (χ0) is 24.2. The number of aryl methyl sites for hydroxylation is 1. The standard InChI is InChI=1S/C24H23BrN4O4S/c1-4-20-28-29-22(26)16(23(30)27-24(29)34-20)11-15-12-17(25)21(19(13-15)31-3)33-10-9-32-18-8-6-5-7-14(18)2/h5-8,11-13,26H,4,9-10H2,1-3H3. The van der Waals surface area contributed by atoms with Crippen LogP contribution in [0.3, 0.4) is 0 Å². The highest BCUT2D eigenvalue weighted by Crippen LogP contribution is 2.38. The van der Waals surface area contributed by atoms with Crippen molar-refractivity contribution < 1.29 is 19.0 Å². The van der Waals surface area contributed by atoms with E-state index in [2.05, 4.69) is 26.0 Å². The van der Waals surface area contributed by atoms with Gasteiger partial charge in [-0.15, -0.1) is 0 Å². The van der Waals surface area contributed by atoms with Crippen LogP contribution < -0.4 is 14.2 Å². The maximum Gasteiger partial charge on any atom is 0.283 e. The fourth-order valence-corrected chi connectivity index (χ4v) is 4.72. The van der Waals surface area contributed by atoms with Crippen molar-refractivity contribution in [2.24, 2.45) is 10.1 Å². The first-order valence-electron chi connectivity index (χ1n) is 10.6. The number of methoxy groups -OCH3 is 1. The van der Waals surface area contributed by atoms with Crippen molar-refractivity contribution in [1.29, 1.82) is 5.41 Å². The first kappa shape index (κ1) is 24.0. The van der Waals surface area contributed by atoms with Crippen LogP contribution in [0.15, 0.2) is 56.5 Å². The monoisotopic (exact) mass is 542 g/mol. The van der Waals surface area contributed by atoms with E-state index >= 15 is 0 Å². The normalized spacial score (nSPS) is 16.4. The molecule has 0 spiro atoms. The molecule has 4 rings (SSSR count). The highest BCUT2D eigenvalue weighted by molar-refractivity contribution is 9.10. The van der Waals surface area contributed by atoms with Gasteiger partial charge in [0.05, 0.1) is 17.2 Å². The number of amidine groups is 2. The molecule has 0 aliphatic carbocycles. The van der Waals surface area contributed by atoms with Gasteiger partial charge < -0.3 is 14.2 Å². The largest absolute Gasteiger partial charge is 0.493 e. The van der Waals surface area contributed by atoms with Crippen LogP contribution in [0.5, 0.6) is 17.2 Å². The second kappa shape index (κ2) is 10.4. The Morgan fingerprint density at radius 2 is 1.94 bits per heavy atom. The number of aliphatic imine (C=N–C) groups is 1. The van der Waals surface area contributed by atoms with Crippen molar-refractivity contribution in [1.82, 2.24) is 5.01 Å². The quantitative estimate of drug-likeness (QED) is 0.361. The number of hydrogen-bond acceptors (Lipinski definition) is 7. The fourth-order valence-electron chi connectivity index (χ4n) is 3.32. The van der Waals surface area contributed by atoms with Gasteiger partial charge in [0.15, 0.2) is 17.3 Å². The number of hydrazone groups is 1. The van der Waals surface area contributed by atoms with Gasteiger partial charge in [-0.05, 0) is 76.4 Å². The molecule has 0 bridgehead atoms. The molecule has 0 fully saturated rings. The van der Waals surface area contributed by atoms with Crippen molar-refractivity contribution in [2.75, 3.05) is 20.3 Å². The van der Waals surface area contributed by atoms with Gasteiger partial charge >= 0.3 is 0 Å². The minimum Gasteiger partial charge on any atom is -0.493 e. The van der Waals surface area contributed by atoms with Crippen molar-refractivity contribution in [3.05, 3.63) is 57.6 Å². The zero-order valence-electron chi connectivity index (χ0n) is 18.9. The molecular weight excluding hydrogens is 520 g/mol. The molecule has 2 heterocycles. The van der Waals surface area contributed by atoms with E-state index in [0.717, 1.165) is 16.4 Å². The lowest BCUT2D eigenvalue weighted by Gasteiger charge is -2.20. The third kappa shape index (κ3) is 5.02. The van der Waals surface area contributed by atoms with Gasteiger partial charge in [0.2, 0.25) is 5.17 Å². The molecule has 10 heteroatoms. The Kier molecular flexibility index (Phi) is 7.38. The van der Waals surface area contributed by atoms with E-state index in [-0.39, 0.29) is 11.4 Å². The number of halogens is 1. The third-order valence-corrected chi connectivity index (χ3v) is 6.68. The highest BCUT2D eigenvalue weighted by Gasteiger charge is 2.35. The Hall–Kier alpha value is -3.11. The van der Waals surface area contributed by atoms with Gasteiger partial charge in [-0.1, -0.05) is 25.1 Å². The maximum absolute atomic E-state index is 12.6. The number of carbonyl (C=O) groups is 1. The van der Waals surface area contributed by atoms with Gasteiger partial charge in [-0.25, -0.2) is 0 Å². The molecular formula is C24H23BrN4O4S. The van der Waals surface area contributed by atoms with E-state index in [9.17, 15) is 4.79 Å². The first-order valence-corrected chi connectivity index (χ1v) is 12.2. The zero-order valence-corrected chi connectivity index (χ0v) is 21.3. The number of nitrogens with zero attached hydrogens (tertiary/aromatic N) is 3. The number of carbonyl (C=O) groups excluding carboxylic acids is 1. The minimum absolute atomic E-state index is 0.00489. The molecule has 0 radical (unpaired) electrons. The summed E-state index contributed by atoms with van der Waals surface area (Å²) in [5.74, 6) is 1.35. The van der Waals surface area contributed by atoms with Crippen molar-refractivity contribution in [2.45, 2.75) is 20.3 Å². The molecule has 34 heavy (non-hydrogen) atoms. The molecule has 0 unspecified atom stereocenters. The van der Waals surface area contributed by atoms with Crippen molar-refractivity contribution >= 4 is 55.7 Å². The second-order valence-electron chi connectivity index (χ2n) is 7.36. The summed E-state index contributed by atoms with van der Waals surface area (Å²) in [4.78, 5) is 16.7. The van der Waals surface area contributed by atoms with Crippen molar-refractivity contribution in [3.8, 4) is 17.2 Å². The molecule has 1 N–H and O–H groups in total. The number of fused-ring (bicyclic) bond motifs is 1. The van der Waals surface area contributed by atoms with Crippen LogP contribution in [0.4, 0.5) is 0 Å². The Morgan fingerprint density at radius 3 is 2.68 bits per heavy atom. The predicted octanol–water partition coefficient (Wildman–Crippen LogP) is 5.25.